The van der Waals surface area contributed by atoms with E-state index in [2.05, 4.69) is 0 Å². The van der Waals surface area contributed by atoms with E-state index >= 15 is 0 Å². The van der Waals surface area contributed by atoms with E-state index in [9.17, 15) is 13.2 Å². The molecule has 5 nitrogen and oxygen atoms in total. The van der Waals surface area contributed by atoms with Crippen molar-refractivity contribution in [3.63, 3.8) is 0 Å². The highest BCUT2D eigenvalue weighted by molar-refractivity contribution is 7.92. The monoisotopic (exact) mass is 358 g/mol. The zero-order valence-corrected chi connectivity index (χ0v) is 15.5. The van der Waals surface area contributed by atoms with Crippen molar-refractivity contribution in [1.82, 2.24) is 0 Å². The standard InChI is InChI=1S/C19H22N2O3S/c1-14-8-10-17(11-9-14)21(25(3,23)24)15(2)19(22)20-13-12-16-6-4-5-7-18(16)20/h4-11,15H,12-13H2,1-3H3/t15-/m0/s1. The van der Waals surface area contributed by atoms with Crippen molar-refractivity contribution in [3.8, 4) is 0 Å². The van der Waals surface area contributed by atoms with Gasteiger partial charge in [-0.15, -0.1) is 0 Å². The molecule has 0 spiro atoms. The molecule has 0 saturated heterocycles. The van der Waals surface area contributed by atoms with Crippen LogP contribution in [0.25, 0.3) is 0 Å². The zero-order chi connectivity index (χ0) is 18.2. The molecular weight excluding hydrogens is 336 g/mol. The quantitative estimate of drug-likeness (QED) is 0.844. The normalized spacial score (nSPS) is 14.9. The third-order valence-electron chi connectivity index (χ3n) is 4.51. The van der Waals surface area contributed by atoms with E-state index in [4.69, 9.17) is 0 Å². The lowest BCUT2D eigenvalue weighted by atomic mass is 10.1. The summed E-state index contributed by atoms with van der Waals surface area (Å²) in [6, 6.07) is 14.1. The number of hydrogen-bond acceptors (Lipinski definition) is 3. The molecule has 1 heterocycles. The molecule has 0 radical (unpaired) electrons. The summed E-state index contributed by atoms with van der Waals surface area (Å²) in [4.78, 5) is 14.7. The van der Waals surface area contributed by atoms with E-state index in [0.29, 0.717) is 12.2 Å². The Morgan fingerprint density at radius 2 is 1.76 bits per heavy atom. The fraction of sp³-hybridized carbons (Fsp3) is 0.316. The van der Waals surface area contributed by atoms with Gasteiger partial charge in [0, 0.05) is 12.2 Å². The number of sulfonamides is 1. The summed E-state index contributed by atoms with van der Waals surface area (Å²) in [6.45, 7) is 4.16. The summed E-state index contributed by atoms with van der Waals surface area (Å²) in [5, 5.41) is 0. The Morgan fingerprint density at radius 1 is 1.12 bits per heavy atom. The van der Waals surface area contributed by atoms with Gasteiger partial charge in [0.1, 0.15) is 6.04 Å². The first-order chi connectivity index (χ1) is 11.8. The minimum Gasteiger partial charge on any atom is -0.310 e. The third-order valence-corrected chi connectivity index (χ3v) is 5.75. The summed E-state index contributed by atoms with van der Waals surface area (Å²) in [5.41, 5.74) is 3.52. The topological polar surface area (TPSA) is 57.7 Å². The van der Waals surface area contributed by atoms with Crippen LogP contribution in [0.4, 0.5) is 11.4 Å². The number of hydrogen-bond donors (Lipinski definition) is 0. The second kappa shape index (κ2) is 6.52. The number of carbonyl (C=O) groups excluding carboxylic acids is 1. The molecule has 1 amide bonds. The average Bonchev–Trinajstić information content (AvgIpc) is 2.99. The molecule has 2 aromatic rings. The lowest BCUT2D eigenvalue weighted by Crippen LogP contribution is -2.49. The SMILES string of the molecule is Cc1ccc(N([C@@H](C)C(=O)N2CCc3ccccc32)S(C)(=O)=O)cc1. The molecule has 1 aliphatic heterocycles. The predicted molar refractivity (Wildman–Crippen MR) is 100 cm³/mol. The Bertz CT molecular complexity index is 891. The van der Waals surface area contributed by atoms with Crippen molar-refractivity contribution in [2.45, 2.75) is 26.3 Å². The molecule has 1 atom stereocenters. The Hall–Kier alpha value is -2.34. The molecule has 2 aromatic carbocycles. The highest BCUT2D eigenvalue weighted by atomic mass is 32.2. The van der Waals surface area contributed by atoms with Gasteiger partial charge in [-0.05, 0) is 44.0 Å². The molecule has 6 heteroatoms. The Balaban J connectivity index is 1.95. The van der Waals surface area contributed by atoms with E-state index < -0.39 is 16.1 Å². The first-order valence-electron chi connectivity index (χ1n) is 8.24. The number of fused-ring (bicyclic) bond motifs is 1. The number of amides is 1. The van der Waals surface area contributed by atoms with E-state index in [1.165, 1.54) is 4.31 Å². The van der Waals surface area contributed by atoms with E-state index in [1.54, 1.807) is 24.0 Å². The molecular formula is C19H22N2O3S. The third kappa shape index (κ3) is 3.39. The lowest BCUT2D eigenvalue weighted by molar-refractivity contribution is -0.119. The molecule has 0 saturated carbocycles. The van der Waals surface area contributed by atoms with Gasteiger partial charge in [-0.25, -0.2) is 8.42 Å². The maximum absolute atomic E-state index is 13.1. The van der Waals surface area contributed by atoms with Gasteiger partial charge in [0.2, 0.25) is 10.0 Å². The van der Waals surface area contributed by atoms with Crippen molar-refractivity contribution in [2.24, 2.45) is 0 Å². The van der Waals surface area contributed by atoms with Gasteiger partial charge >= 0.3 is 0 Å². The smallest absolute Gasteiger partial charge is 0.250 e. The van der Waals surface area contributed by atoms with Crippen molar-refractivity contribution < 1.29 is 13.2 Å². The molecule has 132 valence electrons. The number of nitrogens with zero attached hydrogens (tertiary/aromatic N) is 2. The van der Waals surface area contributed by atoms with Crippen LogP contribution >= 0.6 is 0 Å². The maximum atomic E-state index is 13.1. The number of anilines is 2. The number of carbonyl (C=O) groups is 1. The van der Waals surface area contributed by atoms with Crippen molar-refractivity contribution in [3.05, 3.63) is 59.7 Å². The van der Waals surface area contributed by atoms with E-state index in [-0.39, 0.29) is 5.91 Å². The summed E-state index contributed by atoms with van der Waals surface area (Å²) in [7, 11) is -3.60. The molecule has 0 bridgehead atoms. The van der Waals surface area contributed by atoms with Crippen LogP contribution in [0.3, 0.4) is 0 Å². The van der Waals surface area contributed by atoms with Crippen LogP contribution < -0.4 is 9.21 Å². The molecule has 0 fully saturated rings. The van der Waals surface area contributed by atoms with Gasteiger partial charge in [0.05, 0.1) is 11.9 Å². The summed E-state index contributed by atoms with van der Waals surface area (Å²) < 4.78 is 26.0. The van der Waals surface area contributed by atoms with Crippen LogP contribution in [0, 0.1) is 6.92 Å². The van der Waals surface area contributed by atoms with Crippen LogP contribution in [0.1, 0.15) is 18.1 Å². The molecule has 1 aliphatic rings. The molecule has 0 aromatic heterocycles. The van der Waals surface area contributed by atoms with E-state index in [1.807, 2.05) is 43.3 Å². The number of para-hydroxylation sites is 1. The minimum atomic E-state index is -3.60. The maximum Gasteiger partial charge on any atom is 0.250 e. The van der Waals surface area contributed by atoms with Crippen LogP contribution in [0.2, 0.25) is 0 Å². The van der Waals surface area contributed by atoms with Crippen LogP contribution in [0.5, 0.6) is 0 Å². The van der Waals surface area contributed by atoms with Crippen LogP contribution in [-0.2, 0) is 21.2 Å². The largest absolute Gasteiger partial charge is 0.310 e. The summed E-state index contributed by atoms with van der Waals surface area (Å²) in [6.07, 6.45) is 1.92. The first kappa shape index (κ1) is 17.5. The van der Waals surface area contributed by atoms with Crippen molar-refractivity contribution in [1.29, 1.82) is 0 Å². The van der Waals surface area contributed by atoms with Crippen LogP contribution in [0.15, 0.2) is 48.5 Å². The second-order valence-electron chi connectivity index (χ2n) is 6.44. The van der Waals surface area contributed by atoms with Gasteiger partial charge in [0.25, 0.3) is 5.91 Å². The average molecular weight is 358 g/mol. The van der Waals surface area contributed by atoms with Crippen molar-refractivity contribution >= 4 is 27.3 Å². The molecule has 0 aliphatic carbocycles. The van der Waals surface area contributed by atoms with Gasteiger partial charge < -0.3 is 4.90 Å². The molecule has 3 rings (SSSR count). The second-order valence-corrected chi connectivity index (χ2v) is 8.30. The zero-order valence-electron chi connectivity index (χ0n) is 14.6. The number of aryl methyl sites for hydroxylation is 1. The fourth-order valence-corrected chi connectivity index (χ4v) is 4.46. The minimum absolute atomic E-state index is 0.212. The Morgan fingerprint density at radius 3 is 2.40 bits per heavy atom. The lowest BCUT2D eigenvalue weighted by Gasteiger charge is -2.31. The first-order valence-corrected chi connectivity index (χ1v) is 10.1. The highest BCUT2D eigenvalue weighted by Gasteiger charge is 2.34. The number of benzene rings is 2. The fourth-order valence-electron chi connectivity index (χ4n) is 3.29. The predicted octanol–water partition coefficient (Wildman–Crippen LogP) is 2.74. The van der Waals surface area contributed by atoms with Gasteiger partial charge in [0.15, 0.2) is 0 Å². The van der Waals surface area contributed by atoms with Gasteiger partial charge in [-0.1, -0.05) is 35.9 Å². The summed E-state index contributed by atoms with van der Waals surface area (Å²) in [5.74, 6) is -0.212. The highest BCUT2D eigenvalue weighted by Crippen LogP contribution is 2.30. The van der Waals surface area contributed by atoms with Gasteiger partial charge in [-0.2, -0.15) is 0 Å². The van der Waals surface area contributed by atoms with Gasteiger partial charge in [-0.3, -0.25) is 9.10 Å². The van der Waals surface area contributed by atoms with Crippen LogP contribution in [-0.4, -0.2) is 33.2 Å². The van der Waals surface area contributed by atoms with Crippen molar-refractivity contribution in [2.75, 3.05) is 22.0 Å². The Labute approximate surface area is 148 Å². The van der Waals surface area contributed by atoms with E-state index in [0.717, 1.165) is 29.5 Å². The molecule has 0 unspecified atom stereocenters. The molecule has 0 N–H and O–H groups in total. The number of rotatable bonds is 4. The molecule has 25 heavy (non-hydrogen) atoms. The summed E-state index contributed by atoms with van der Waals surface area (Å²) >= 11 is 0. The Kier molecular flexibility index (Phi) is 4.56.